The first-order valence-electron chi connectivity index (χ1n) is 5.23. The number of ether oxygens (including phenoxy) is 1. The van der Waals surface area contributed by atoms with Gasteiger partial charge in [-0.2, -0.15) is 0 Å². The smallest absolute Gasteiger partial charge is 0.119 e. The molecule has 0 spiro atoms. The third kappa shape index (κ3) is 5.38. The lowest BCUT2D eigenvalue weighted by atomic mass is 10.3. The van der Waals surface area contributed by atoms with Crippen molar-refractivity contribution in [3.63, 3.8) is 0 Å². The summed E-state index contributed by atoms with van der Waals surface area (Å²) in [6, 6.07) is 8.07. The van der Waals surface area contributed by atoms with Crippen LogP contribution in [0, 0.1) is 15.9 Å². The lowest BCUT2D eigenvalue weighted by molar-refractivity contribution is 0.274. The van der Waals surface area contributed by atoms with E-state index >= 15 is 0 Å². The highest BCUT2D eigenvalue weighted by molar-refractivity contribution is 14.1. The summed E-state index contributed by atoms with van der Waals surface area (Å²) >= 11 is 2.28. The summed E-state index contributed by atoms with van der Waals surface area (Å²) in [7, 11) is 2.02. The predicted molar refractivity (Wildman–Crippen MR) is 75.6 cm³/mol. The van der Waals surface area contributed by atoms with Crippen molar-refractivity contribution in [1.29, 1.82) is 0 Å². The van der Waals surface area contributed by atoms with Crippen LogP contribution in [0.25, 0.3) is 0 Å². The van der Waals surface area contributed by atoms with E-state index in [4.69, 9.17) is 11.2 Å². The van der Waals surface area contributed by atoms with Crippen molar-refractivity contribution < 1.29 is 4.74 Å². The number of benzene rings is 1. The molecule has 0 saturated heterocycles. The minimum Gasteiger partial charge on any atom is -0.494 e. The Morgan fingerprint density at radius 2 is 2.06 bits per heavy atom. The van der Waals surface area contributed by atoms with Crippen LogP contribution in [0.3, 0.4) is 0 Å². The molecule has 0 aromatic heterocycles. The van der Waals surface area contributed by atoms with E-state index in [0.717, 1.165) is 25.3 Å². The molecule has 86 valence electrons. The van der Waals surface area contributed by atoms with Crippen molar-refractivity contribution in [2.24, 2.45) is 0 Å². The highest BCUT2D eigenvalue weighted by atomic mass is 127. The molecule has 0 heterocycles. The Hall–Kier alpha value is -0.730. The van der Waals surface area contributed by atoms with Gasteiger partial charge in [0.05, 0.1) is 13.2 Å². The minimum absolute atomic E-state index is 0.698. The van der Waals surface area contributed by atoms with Crippen LogP contribution >= 0.6 is 22.6 Å². The zero-order valence-electron chi connectivity index (χ0n) is 9.45. The van der Waals surface area contributed by atoms with Crippen molar-refractivity contribution in [3.05, 3.63) is 27.8 Å². The molecule has 0 bridgehead atoms. The Balaban J connectivity index is 2.16. The topological polar surface area (TPSA) is 12.5 Å². The van der Waals surface area contributed by atoms with Gasteiger partial charge in [0.25, 0.3) is 0 Å². The predicted octanol–water partition coefficient (Wildman–Crippen LogP) is 2.63. The molecule has 0 unspecified atom stereocenters. The van der Waals surface area contributed by atoms with Gasteiger partial charge in [0.15, 0.2) is 0 Å². The maximum absolute atomic E-state index is 5.61. The first-order chi connectivity index (χ1) is 7.72. The summed E-state index contributed by atoms with van der Waals surface area (Å²) in [5, 5.41) is 0. The average molecular weight is 329 g/mol. The molecular formula is C13H16INO. The molecule has 0 aliphatic carbocycles. The molecule has 1 aromatic rings. The maximum Gasteiger partial charge on any atom is 0.119 e. The van der Waals surface area contributed by atoms with Crippen LogP contribution in [-0.4, -0.2) is 31.6 Å². The number of hydrogen-bond acceptors (Lipinski definition) is 2. The second-order valence-corrected chi connectivity index (χ2v) is 4.84. The normalized spacial score (nSPS) is 10.1. The Bertz CT molecular complexity index is 342. The third-order valence-electron chi connectivity index (χ3n) is 2.13. The molecule has 0 fully saturated rings. The Morgan fingerprint density at radius 3 is 2.69 bits per heavy atom. The third-order valence-corrected chi connectivity index (χ3v) is 2.85. The second kappa shape index (κ2) is 7.53. The summed E-state index contributed by atoms with van der Waals surface area (Å²) in [4.78, 5) is 2.11. The van der Waals surface area contributed by atoms with Gasteiger partial charge < -0.3 is 4.74 Å². The van der Waals surface area contributed by atoms with E-state index in [2.05, 4.69) is 33.4 Å². The minimum atomic E-state index is 0.698. The van der Waals surface area contributed by atoms with Crippen LogP contribution in [0.2, 0.25) is 0 Å². The zero-order chi connectivity index (χ0) is 11.8. The molecule has 1 rings (SSSR count). The lowest BCUT2D eigenvalue weighted by Gasteiger charge is -2.13. The summed E-state index contributed by atoms with van der Waals surface area (Å²) in [5.74, 6) is 3.55. The van der Waals surface area contributed by atoms with Gasteiger partial charge in [0.1, 0.15) is 5.75 Å². The van der Waals surface area contributed by atoms with Gasteiger partial charge in [-0.1, -0.05) is 5.92 Å². The number of halogens is 1. The van der Waals surface area contributed by atoms with E-state index in [1.54, 1.807) is 0 Å². The number of nitrogens with zero attached hydrogens (tertiary/aromatic N) is 1. The average Bonchev–Trinajstić information content (AvgIpc) is 2.27. The molecule has 0 N–H and O–H groups in total. The molecular weight excluding hydrogens is 313 g/mol. The van der Waals surface area contributed by atoms with Gasteiger partial charge in [0, 0.05) is 10.1 Å². The number of hydrogen-bond donors (Lipinski definition) is 0. The van der Waals surface area contributed by atoms with Crippen LogP contribution in [0.5, 0.6) is 5.75 Å². The van der Waals surface area contributed by atoms with E-state index < -0.39 is 0 Å². The molecule has 0 atom stereocenters. The van der Waals surface area contributed by atoms with Gasteiger partial charge in [-0.3, -0.25) is 4.90 Å². The van der Waals surface area contributed by atoms with Crippen molar-refractivity contribution in [2.45, 2.75) is 6.42 Å². The van der Waals surface area contributed by atoms with Gasteiger partial charge in [-0.05, 0) is 60.3 Å². The van der Waals surface area contributed by atoms with E-state index in [9.17, 15) is 0 Å². The standard InChI is InChI=1S/C13H16INO/c1-3-9-15(2)10-4-11-16-13-7-5-12(14)6-8-13/h1,5-8H,4,9-11H2,2H3. The first-order valence-corrected chi connectivity index (χ1v) is 6.30. The number of terminal acetylenes is 1. The molecule has 16 heavy (non-hydrogen) atoms. The van der Waals surface area contributed by atoms with E-state index in [1.807, 2.05) is 31.3 Å². The van der Waals surface area contributed by atoms with Crippen molar-refractivity contribution in [1.82, 2.24) is 4.90 Å². The quantitative estimate of drug-likeness (QED) is 0.452. The van der Waals surface area contributed by atoms with Crippen molar-refractivity contribution in [3.8, 4) is 18.1 Å². The largest absolute Gasteiger partial charge is 0.494 e. The molecule has 0 aliphatic rings. The summed E-state index contributed by atoms with van der Waals surface area (Å²) in [5.41, 5.74) is 0. The maximum atomic E-state index is 5.61. The Morgan fingerprint density at radius 1 is 1.38 bits per heavy atom. The fraction of sp³-hybridized carbons (Fsp3) is 0.385. The zero-order valence-corrected chi connectivity index (χ0v) is 11.6. The van der Waals surface area contributed by atoms with E-state index in [0.29, 0.717) is 6.54 Å². The molecule has 3 heteroatoms. The molecule has 0 saturated carbocycles. The summed E-state index contributed by atoms with van der Waals surface area (Å²) in [6.07, 6.45) is 6.21. The monoisotopic (exact) mass is 329 g/mol. The van der Waals surface area contributed by atoms with Crippen LogP contribution in [0.4, 0.5) is 0 Å². The van der Waals surface area contributed by atoms with Gasteiger partial charge in [0.2, 0.25) is 0 Å². The fourth-order valence-corrected chi connectivity index (χ4v) is 1.65. The Kier molecular flexibility index (Phi) is 6.27. The van der Waals surface area contributed by atoms with Crippen LogP contribution in [-0.2, 0) is 0 Å². The van der Waals surface area contributed by atoms with E-state index in [-0.39, 0.29) is 0 Å². The summed E-state index contributed by atoms with van der Waals surface area (Å²) < 4.78 is 6.83. The van der Waals surface area contributed by atoms with Gasteiger partial charge in [-0.25, -0.2) is 0 Å². The molecule has 0 amide bonds. The van der Waals surface area contributed by atoms with Crippen LogP contribution in [0.15, 0.2) is 24.3 Å². The Labute approximate surface area is 111 Å². The fourth-order valence-electron chi connectivity index (χ4n) is 1.29. The van der Waals surface area contributed by atoms with Gasteiger partial charge in [-0.15, -0.1) is 6.42 Å². The molecule has 1 aromatic carbocycles. The highest BCUT2D eigenvalue weighted by Crippen LogP contribution is 2.13. The lowest BCUT2D eigenvalue weighted by Crippen LogP contribution is -2.21. The molecule has 0 radical (unpaired) electrons. The molecule has 2 nitrogen and oxygen atoms in total. The van der Waals surface area contributed by atoms with Crippen LogP contribution < -0.4 is 4.74 Å². The van der Waals surface area contributed by atoms with Gasteiger partial charge >= 0.3 is 0 Å². The van der Waals surface area contributed by atoms with Crippen molar-refractivity contribution in [2.75, 3.05) is 26.7 Å². The second-order valence-electron chi connectivity index (χ2n) is 3.60. The number of rotatable bonds is 6. The SMILES string of the molecule is C#CCN(C)CCCOc1ccc(I)cc1. The highest BCUT2D eigenvalue weighted by Gasteiger charge is 1.97. The van der Waals surface area contributed by atoms with E-state index in [1.165, 1.54) is 3.57 Å². The van der Waals surface area contributed by atoms with Crippen LogP contribution in [0.1, 0.15) is 6.42 Å². The molecule has 0 aliphatic heterocycles. The van der Waals surface area contributed by atoms with Crippen molar-refractivity contribution >= 4 is 22.6 Å². The first kappa shape index (κ1) is 13.3. The summed E-state index contributed by atoms with van der Waals surface area (Å²) in [6.45, 7) is 2.40.